The summed E-state index contributed by atoms with van der Waals surface area (Å²) >= 11 is 0. The van der Waals surface area contributed by atoms with Gasteiger partial charge in [0.2, 0.25) is 10.0 Å². The van der Waals surface area contributed by atoms with Gasteiger partial charge in [0.25, 0.3) is 0 Å². The largest absolute Gasteiger partial charge is 0.390 e. The average Bonchev–Trinajstić information content (AvgIpc) is 2.92. The average molecular weight is 316 g/mol. The number of aryl methyl sites for hydroxylation is 1. The van der Waals surface area contributed by atoms with Gasteiger partial charge in [-0.15, -0.1) is 0 Å². The van der Waals surface area contributed by atoms with Crippen molar-refractivity contribution in [3.05, 3.63) is 18.0 Å². The molecule has 1 aliphatic heterocycles. The van der Waals surface area contributed by atoms with E-state index in [1.807, 2.05) is 13.8 Å². The van der Waals surface area contributed by atoms with Gasteiger partial charge < -0.3 is 14.4 Å². The van der Waals surface area contributed by atoms with Crippen molar-refractivity contribution >= 4 is 10.0 Å². The topological polar surface area (TPSA) is 80.6 Å². The van der Waals surface area contributed by atoms with E-state index < -0.39 is 10.0 Å². The summed E-state index contributed by atoms with van der Waals surface area (Å²) < 4.78 is 34.7. The first-order valence-electron chi connectivity index (χ1n) is 7.38. The molecule has 0 bridgehead atoms. The maximum absolute atomic E-state index is 12.4. The third-order valence-corrected chi connectivity index (χ3v) is 5.61. The van der Waals surface area contributed by atoms with E-state index in [9.17, 15) is 13.5 Å². The van der Waals surface area contributed by atoms with Gasteiger partial charge in [-0.2, -0.15) is 0 Å². The maximum atomic E-state index is 12.4. The summed E-state index contributed by atoms with van der Waals surface area (Å²) in [7, 11) is -3.55. The smallest absolute Gasteiger partial charge is 0.242 e. The van der Waals surface area contributed by atoms with Crippen molar-refractivity contribution in [2.45, 2.75) is 50.8 Å². The molecule has 0 amide bonds. The Kier molecular flexibility index (Phi) is 5.43. The highest BCUT2D eigenvalue weighted by molar-refractivity contribution is 7.89. The lowest BCUT2D eigenvalue weighted by Gasteiger charge is -2.28. The van der Waals surface area contributed by atoms with Gasteiger partial charge >= 0.3 is 0 Å². The van der Waals surface area contributed by atoms with Gasteiger partial charge in [-0.25, -0.2) is 13.1 Å². The van der Waals surface area contributed by atoms with Crippen LogP contribution < -0.4 is 4.72 Å². The number of hydrogen-bond acceptors (Lipinski definition) is 4. The molecule has 1 aliphatic rings. The van der Waals surface area contributed by atoms with Gasteiger partial charge in [0, 0.05) is 37.7 Å². The predicted octanol–water partition coefficient (Wildman–Crippen LogP) is 1.09. The second-order valence-electron chi connectivity index (χ2n) is 5.47. The Morgan fingerprint density at radius 3 is 2.67 bits per heavy atom. The fraction of sp³-hybridized carbons (Fsp3) is 0.714. The highest BCUT2D eigenvalue weighted by atomic mass is 32.2. The lowest BCUT2D eigenvalue weighted by Crippen LogP contribution is -2.40. The van der Waals surface area contributed by atoms with Crippen LogP contribution in [0.3, 0.4) is 0 Å². The molecule has 120 valence electrons. The molecule has 1 saturated heterocycles. The SMILES string of the molecule is CCn1cc(S(=O)(=O)NC(C)C2CCOCC2)cc1CO. The van der Waals surface area contributed by atoms with E-state index in [4.69, 9.17) is 4.74 Å². The van der Waals surface area contributed by atoms with Crippen LogP contribution in [0, 0.1) is 5.92 Å². The summed E-state index contributed by atoms with van der Waals surface area (Å²) in [6.07, 6.45) is 3.33. The molecule has 2 N–H and O–H groups in total. The van der Waals surface area contributed by atoms with Crippen molar-refractivity contribution < 1.29 is 18.3 Å². The van der Waals surface area contributed by atoms with E-state index in [1.165, 1.54) is 6.07 Å². The number of aliphatic hydroxyl groups excluding tert-OH is 1. The van der Waals surface area contributed by atoms with Crippen molar-refractivity contribution in [3.8, 4) is 0 Å². The van der Waals surface area contributed by atoms with Gasteiger partial charge in [-0.1, -0.05) is 0 Å². The van der Waals surface area contributed by atoms with Crippen LogP contribution in [0.1, 0.15) is 32.4 Å². The Hall–Kier alpha value is -0.890. The number of nitrogens with zero attached hydrogens (tertiary/aromatic N) is 1. The zero-order chi connectivity index (χ0) is 15.5. The Morgan fingerprint density at radius 1 is 1.48 bits per heavy atom. The van der Waals surface area contributed by atoms with Crippen LogP contribution in [0.4, 0.5) is 0 Å². The van der Waals surface area contributed by atoms with Gasteiger partial charge in [-0.3, -0.25) is 0 Å². The quantitative estimate of drug-likeness (QED) is 0.823. The molecule has 1 fully saturated rings. The Balaban J connectivity index is 2.12. The summed E-state index contributed by atoms with van der Waals surface area (Å²) in [5, 5.41) is 9.26. The van der Waals surface area contributed by atoms with Crippen LogP contribution in [0.15, 0.2) is 17.2 Å². The number of ether oxygens (including phenoxy) is 1. The highest BCUT2D eigenvalue weighted by Crippen LogP contribution is 2.21. The van der Waals surface area contributed by atoms with Crippen molar-refractivity contribution in [1.29, 1.82) is 0 Å². The van der Waals surface area contributed by atoms with Gasteiger partial charge in [0.05, 0.1) is 11.5 Å². The molecule has 0 radical (unpaired) electrons. The van der Waals surface area contributed by atoms with Crippen molar-refractivity contribution in [3.63, 3.8) is 0 Å². The lowest BCUT2D eigenvalue weighted by molar-refractivity contribution is 0.0585. The summed E-state index contributed by atoms with van der Waals surface area (Å²) in [5.74, 6) is 0.305. The molecule has 0 aromatic carbocycles. The molecule has 1 aromatic rings. The molecule has 0 aliphatic carbocycles. The minimum Gasteiger partial charge on any atom is -0.390 e. The van der Waals surface area contributed by atoms with Crippen LogP contribution in [-0.2, 0) is 27.9 Å². The summed E-state index contributed by atoms with van der Waals surface area (Å²) in [5.41, 5.74) is 0.608. The van der Waals surface area contributed by atoms with E-state index in [2.05, 4.69) is 4.72 Å². The third-order valence-electron chi connectivity index (χ3n) is 4.09. The van der Waals surface area contributed by atoms with Crippen LogP contribution in [0.2, 0.25) is 0 Å². The second-order valence-corrected chi connectivity index (χ2v) is 7.19. The van der Waals surface area contributed by atoms with Crippen LogP contribution >= 0.6 is 0 Å². The highest BCUT2D eigenvalue weighted by Gasteiger charge is 2.26. The van der Waals surface area contributed by atoms with Crippen molar-refractivity contribution in [1.82, 2.24) is 9.29 Å². The van der Waals surface area contributed by atoms with Gasteiger partial charge in [0.15, 0.2) is 0 Å². The normalized spacial score (nSPS) is 18.8. The molecule has 2 rings (SSSR count). The Labute approximate surface area is 126 Å². The first-order chi connectivity index (χ1) is 9.97. The fourth-order valence-corrected chi connectivity index (χ4v) is 4.10. The molecule has 1 unspecified atom stereocenters. The van der Waals surface area contributed by atoms with Gasteiger partial charge in [0.1, 0.15) is 0 Å². The number of nitrogens with one attached hydrogen (secondary N) is 1. The maximum Gasteiger partial charge on any atom is 0.242 e. The monoisotopic (exact) mass is 316 g/mol. The minimum absolute atomic E-state index is 0.124. The first kappa shape index (κ1) is 16.5. The Bertz CT molecular complexity index is 540. The number of rotatable bonds is 6. The predicted molar refractivity (Wildman–Crippen MR) is 79.4 cm³/mol. The van der Waals surface area contributed by atoms with E-state index >= 15 is 0 Å². The molecule has 6 nitrogen and oxygen atoms in total. The van der Waals surface area contributed by atoms with E-state index in [0.717, 1.165) is 12.8 Å². The fourth-order valence-electron chi connectivity index (χ4n) is 2.72. The van der Waals surface area contributed by atoms with Crippen molar-refractivity contribution in [2.24, 2.45) is 5.92 Å². The Morgan fingerprint density at radius 2 is 2.14 bits per heavy atom. The molecule has 0 saturated carbocycles. The zero-order valence-electron chi connectivity index (χ0n) is 12.6. The van der Waals surface area contributed by atoms with E-state index in [1.54, 1.807) is 10.8 Å². The molecular formula is C14H24N2O4S. The first-order valence-corrected chi connectivity index (χ1v) is 8.86. The van der Waals surface area contributed by atoms with Crippen molar-refractivity contribution in [2.75, 3.05) is 13.2 Å². The number of aliphatic hydroxyl groups is 1. The minimum atomic E-state index is -3.55. The summed E-state index contributed by atoms with van der Waals surface area (Å²) in [4.78, 5) is 0.215. The van der Waals surface area contributed by atoms with Crippen LogP contribution in [0.5, 0.6) is 0 Å². The van der Waals surface area contributed by atoms with E-state index in [0.29, 0.717) is 31.4 Å². The van der Waals surface area contributed by atoms with Gasteiger partial charge in [-0.05, 0) is 38.7 Å². The van der Waals surface area contributed by atoms with E-state index in [-0.39, 0.29) is 17.5 Å². The second kappa shape index (κ2) is 6.91. The molecular weight excluding hydrogens is 292 g/mol. The zero-order valence-corrected chi connectivity index (χ0v) is 13.4. The molecule has 21 heavy (non-hydrogen) atoms. The number of aromatic nitrogens is 1. The molecule has 2 heterocycles. The summed E-state index contributed by atoms with van der Waals surface area (Å²) in [6.45, 7) is 5.65. The number of hydrogen-bond donors (Lipinski definition) is 2. The summed E-state index contributed by atoms with van der Waals surface area (Å²) in [6, 6.07) is 1.41. The molecule has 1 atom stereocenters. The van der Waals surface area contributed by atoms with Crippen LogP contribution in [0.25, 0.3) is 0 Å². The standard InChI is InChI=1S/C14H24N2O4S/c1-3-16-9-14(8-13(16)10-17)21(18,19)15-11(2)12-4-6-20-7-5-12/h8-9,11-12,15,17H,3-7,10H2,1-2H3. The molecule has 0 spiro atoms. The third kappa shape index (κ3) is 3.85. The number of sulfonamides is 1. The van der Waals surface area contributed by atoms with Crippen LogP contribution in [-0.4, -0.2) is 37.3 Å². The molecule has 7 heteroatoms. The lowest BCUT2D eigenvalue weighted by atomic mass is 9.94. The molecule has 1 aromatic heterocycles.